The molecule has 1 aliphatic rings. The molecule has 0 amide bonds. The third-order valence-corrected chi connectivity index (χ3v) is 2.44. The maximum Gasteiger partial charge on any atom is 0.505 e. The first kappa shape index (κ1) is 11.2. The first-order chi connectivity index (χ1) is 7.50. The summed E-state index contributed by atoms with van der Waals surface area (Å²) in [6.45, 7) is 1.89. The monoisotopic (exact) mass is 226 g/mol. The van der Waals surface area contributed by atoms with Crippen LogP contribution in [0.15, 0.2) is 18.2 Å². The summed E-state index contributed by atoms with van der Waals surface area (Å²) in [4.78, 5) is 0. The van der Waals surface area contributed by atoms with E-state index in [-0.39, 0.29) is 11.5 Å². The van der Waals surface area contributed by atoms with E-state index < -0.39 is 12.3 Å². The fourth-order valence-electron chi connectivity index (χ4n) is 1.57. The smallest absolute Gasteiger partial charge is 0.403 e. The Morgan fingerprint density at radius 3 is 2.62 bits per heavy atom. The van der Waals surface area contributed by atoms with E-state index in [1.807, 2.05) is 6.92 Å². The van der Waals surface area contributed by atoms with E-state index in [0.717, 1.165) is 5.56 Å². The zero-order valence-electron chi connectivity index (χ0n) is 8.88. The molecular formula is C11H14O5. The largest absolute Gasteiger partial charge is 0.505 e. The molecule has 0 spiro atoms. The van der Waals surface area contributed by atoms with Crippen molar-refractivity contribution in [3.05, 3.63) is 23.8 Å². The van der Waals surface area contributed by atoms with Crippen LogP contribution in [0, 0.1) is 0 Å². The molecule has 0 radical (unpaired) electrons. The molecule has 1 aromatic rings. The van der Waals surface area contributed by atoms with Crippen LogP contribution in [0.2, 0.25) is 0 Å². The van der Waals surface area contributed by atoms with Gasteiger partial charge in [-0.1, -0.05) is 13.0 Å². The summed E-state index contributed by atoms with van der Waals surface area (Å²) in [5.74, 6) is 0.547. The summed E-state index contributed by atoms with van der Waals surface area (Å²) in [5.41, 5.74) is 0.856. The summed E-state index contributed by atoms with van der Waals surface area (Å²) in [6, 6.07) is 4.96. The first-order valence-electron chi connectivity index (χ1n) is 5.14. The molecule has 3 N–H and O–H groups in total. The number of hydrogen-bond acceptors (Lipinski definition) is 5. The quantitative estimate of drug-likeness (QED) is 0.649. The normalized spacial score (nSPS) is 18.5. The highest BCUT2D eigenvalue weighted by Crippen LogP contribution is 2.38. The predicted octanol–water partition coefficient (Wildman–Crippen LogP) is 0.367. The van der Waals surface area contributed by atoms with Crippen molar-refractivity contribution in [1.82, 2.24) is 0 Å². The molecule has 16 heavy (non-hydrogen) atoms. The highest BCUT2D eigenvalue weighted by Gasteiger charge is 2.38. The molecule has 1 aromatic carbocycles. The Morgan fingerprint density at radius 1 is 1.25 bits per heavy atom. The number of ether oxygens (including phenoxy) is 2. The van der Waals surface area contributed by atoms with Crippen molar-refractivity contribution in [3.63, 3.8) is 0 Å². The van der Waals surface area contributed by atoms with Crippen LogP contribution >= 0.6 is 0 Å². The van der Waals surface area contributed by atoms with Crippen molar-refractivity contribution in [2.45, 2.75) is 32.0 Å². The molecule has 88 valence electrons. The van der Waals surface area contributed by atoms with E-state index >= 15 is 0 Å². The van der Waals surface area contributed by atoms with Gasteiger partial charge >= 0.3 is 6.16 Å². The van der Waals surface area contributed by atoms with Crippen LogP contribution in [0.25, 0.3) is 0 Å². The van der Waals surface area contributed by atoms with Crippen LogP contribution < -0.4 is 9.47 Å². The number of benzene rings is 1. The molecule has 0 bridgehead atoms. The number of hydrogen-bond donors (Lipinski definition) is 3. The van der Waals surface area contributed by atoms with Crippen LogP contribution in [-0.2, 0) is 6.42 Å². The summed E-state index contributed by atoms with van der Waals surface area (Å²) in [5, 5.41) is 27.7. The summed E-state index contributed by atoms with van der Waals surface area (Å²) in [6.07, 6.45) is -1.83. The molecule has 5 nitrogen and oxygen atoms in total. The zero-order chi connectivity index (χ0) is 11.8. The number of aliphatic hydroxyl groups excluding tert-OH is 1. The third kappa shape index (κ3) is 2.27. The molecule has 1 heterocycles. The van der Waals surface area contributed by atoms with Crippen LogP contribution in [-0.4, -0.2) is 27.6 Å². The van der Waals surface area contributed by atoms with Crippen LogP contribution in [0.3, 0.4) is 0 Å². The van der Waals surface area contributed by atoms with Crippen LogP contribution in [0.1, 0.15) is 18.9 Å². The van der Waals surface area contributed by atoms with Gasteiger partial charge in [0.05, 0.1) is 6.10 Å². The number of fused-ring (bicyclic) bond motifs is 1. The molecule has 5 heteroatoms. The highest BCUT2D eigenvalue weighted by molar-refractivity contribution is 5.45. The van der Waals surface area contributed by atoms with Crippen molar-refractivity contribution in [1.29, 1.82) is 0 Å². The molecule has 0 saturated carbocycles. The summed E-state index contributed by atoms with van der Waals surface area (Å²) in [7, 11) is 0. The van der Waals surface area contributed by atoms with Gasteiger partial charge in [-0.2, -0.15) is 0 Å². The third-order valence-electron chi connectivity index (χ3n) is 2.44. The van der Waals surface area contributed by atoms with Crippen LogP contribution in [0.5, 0.6) is 11.5 Å². The van der Waals surface area contributed by atoms with Crippen molar-refractivity contribution in [2.75, 3.05) is 0 Å². The first-order valence-corrected chi connectivity index (χ1v) is 5.14. The van der Waals surface area contributed by atoms with E-state index in [9.17, 15) is 5.11 Å². The van der Waals surface area contributed by atoms with Gasteiger partial charge < -0.3 is 14.6 Å². The minimum atomic E-state index is -2.58. The molecular weight excluding hydrogens is 212 g/mol. The predicted molar refractivity (Wildman–Crippen MR) is 54.9 cm³/mol. The Bertz CT molecular complexity index is 388. The molecule has 0 aliphatic carbocycles. The highest BCUT2D eigenvalue weighted by atomic mass is 17.0. The standard InChI is InChI=1S/C11H14O5/c1-2-8(12)5-7-3-4-9-10(6-7)16-11(13,14)15-9/h3-4,6,8,12-14H,2,5H2,1H3. The average molecular weight is 226 g/mol. The maximum absolute atomic E-state index is 9.49. The lowest BCUT2D eigenvalue weighted by Gasteiger charge is -2.10. The van der Waals surface area contributed by atoms with Gasteiger partial charge in [0.2, 0.25) is 0 Å². The fourth-order valence-corrected chi connectivity index (χ4v) is 1.57. The minimum Gasteiger partial charge on any atom is -0.403 e. The fraction of sp³-hybridized carbons (Fsp3) is 0.455. The summed E-state index contributed by atoms with van der Waals surface area (Å²) >= 11 is 0. The average Bonchev–Trinajstić information content (AvgIpc) is 2.51. The van der Waals surface area contributed by atoms with Gasteiger partial charge in [0.1, 0.15) is 0 Å². The van der Waals surface area contributed by atoms with Gasteiger partial charge in [-0.25, -0.2) is 0 Å². The van der Waals surface area contributed by atoms with Gasteiger partial charge in [0.15, 0.2) is 11.5 Å². The Labute approximate surface area is 92.9 Å². The molecule has 0 saturated heterocycles. The van der Waals surface area contributed by atoms with Crippen molar-refractivity contribution in [3.8, 4) is 11.5 Å². The Balaban J connectivity index is 2.16. The molecule has 1 atom stereocenters. The molecule has 0 fully saturated rings. The van der Waals surface area contributed by atoms with E-state index in [1.54, 1.807) is 18.2 Å². The zero-order valence-corrected chi connectivity index (χ0v) is 8.88. The van der Waals surface area contributed by atoms with Crippen molar-refractivity contribution >= 4 is 0 Å². The van der Waals surface area contributed by atoms with Crippen LogP contribution in [0.4, 0.5) is 0 Å². The van der Waals surface area contributed by atoms with Gasteiger partial charge in [0.25, 0.3) is 0 Å². The second-order valence-electron chi connectivity index (χ2n) is 3.80. The second-order valence-corrected chi connectivity index (χ2v) is 3.80. The summed E-state index contributed by atoms with van der Waals surface area (Å²) < 4.78 is 9.46. The topological polar surface area (TPSA) is 79.2 Å². The number of aliphatic hydroxyl groups is 3. The van der Waals surface area contributed by atoms with E-state index in [1.165, 1.54) is 0 Å². The SMILES string of the molecule is CCC(O)Cc1ccc2c(c1)OC(O)(O)O2. The van der Waals surface area contributed by atoms with Gasteiger partial charge in [0, 0.05) is 0 Å². The molecule has 0 aromatic heterocycles. The molecule has 1 unspecified atom stereocenters. The Morgan fingerprint density at radius 2 is 1.94 bits per heavy atom. The lowest BCUT2D eigenvalue weighted by Crippen LogP contribution is -2.37. The van der Waals surface area contributed by atoms with Gasteiger partial charge in [-0.3, -0.25) is 10.2 Å². The Hall–Kier alpha value is -1.30. The lowest BCUT2D eigenvalue weighted by molar-refractivity contribution is -0.385. The van der Waals surface area contributed by atoms with Crippen molar-refractivity contribution < 1.29 is 24.8 Å². The lowest BCUT2D eigenvalue weighted by atomic mass is 10.1. The van der Waals surface area contributed by atoms with E-state index in [4.69, 9.17) is 19.7 Å². The van der Waals surface area contributed by atoms with Crippen molar-refractivity contribution in [2.24, 2.45) is 0 Å². The second kappa shape index (κ2) is 3.93. The number of rotatable bonds is 3. The van der Waals surface area contributed by atoms with Gasteiger partial charge in [-0.15, -0.1) is 0 Å². The molecule has 2 rings (SSSR count). The van der Waals surface area contributed by atoms with E-state index in [2.05, 4.69) is 0 Å². The maximum atomic E-state index is 9.49. The minimum absolute atomic E-state index is 0.269. The van der Waals surface area contributed by atoms with Gasteiger partial charge in [-0.05, 0) is 30.5 Å². The van der Waals surface area contributed by atoms with E-state index in [0.29, 0.717) is 12.8 Å². The molecule has 1 aliphatic heterocycles. The Kier molecular flexibility index (Phi) is 2.75.